The van der Waals surface area contributed by atoms with E-state index in [-0.39, 0.29) is 42.1 Å². The average molecular weight is 1610 g/mol. The zero-order valence-electron chi connectivity index (χ0n) is 77.3. The lowest BCUT2D eigenvalue weighted by molar-refractivity contribution is -0.181. The second kappa shape index (κ2) is 75.2. The molecule has 7 unspecified atom stereocenters. The van der Waals surface area contributed by atoms with Crippen LogP contribution in [-0.2, 0) is 57.1 Å². The second-order valence-corrected chi connectivity index (χ2v) is 36.6. The highest BCUT2D eigenvalue weighted by molar-refractivity contribution is 5.72. The van der Waals surface area contributed by atoms with E-state index in [1.54, 1.807) is 0 Å². The van der Waals surface area contributed by atoms with Crippen LogP contribution in [0.5, 0.6) is 0 Å². The van der Waals surface area contributed by atoms with Crippen molar-refractivity contribution in [2.24, 2.45) is 35.5 Å². The van der Waals surface area contributed by atoms with E-state index >= 15 is 0 Å². The Morgan fingerprint density at radius 2 is 0.675 bits per heavy atom. The van der Waals surface area contributed by atoms with Gasteiger partial charge in [0.2, 0.25) is 0 Å². The summed E-state index contributed by atoms with van der Waals surface area (Å²) in [5.41, 5.74) is 0. The average Bonchev–Trinajstić information content (AvgIpc) is 1.68. The summed E-state index contributed by atoms with van der Waals surface area (Å²) in [7, 11) is 2.17. The minimum Gasteiger partial charge on any atom is -0.466 e. The number of piperidine rings is 1. The number of hydrogen-bond donors (Lipinski definition) is 0. The first-order valence-corrected chi connectivity index (χ1v) is 50.1. The van der Waals surface area contributed by atoms with E-state index in [0.29, 0.717) is 107 Å². The van der Waals surface area contributed by atoms with Crippen molar-refractivity contribution in [3.05, 3.63) is 0 Å². The van der Waals surface area contributed by atoms with Crippen molar-refractivity contribution in [1.82, 2.24) is 9.80 Å². The van der Waals surface area contributed by atoms with Gasteiger partial charge in [0.25, 0.3) is 0 Å². The molecule has 2 aliphatic rings. The number of hydrogen-bond acceptors (Lipinski definition) is 14. The summed E-state index contributed by atoms with van der Waals surface area (Å²) in [4.78, 5) is 69.8. The topological polar surface area (TPSA) is 156 Å². The van der Waals surface area contributed by atoms with Crippen molar-refractivity contribution in [1.29, 1.82) is 0 Å². The molecule has 2 fully saturated rings. The van der Waals surface area contributed by atoms with Crippen molar-refractivity contribution in [2.75, 3.05) is 66.3 Å². The Morgan fingerprint density at radius 3 is 1.02 bits per heavy atom. The maximum absolute atomic E-state index is 13.3. The van der Waals surface area contributed by atoms with Crippen LogP contribution in [0, 0.1) is 35.5 Å². The minimum absolute atomic E-state index is 0.0290. The third-order valence-corrected chi connectivity index (χ3v) is 25.8. The number of carbonyl (C=O) groups is 5. The van der Waals surface area contributed by atoms with Crippen LogP contribution in [-0.4, -0.2) is 130 Å². The lowest BCUT2D eigenvalue weighted by atomic mass is 9.73. The van der Waals surface area contributed by atoms with Gasteiger partial charge in [-0.3, -0.25) is 28.9 Å². The highest BCUT2D eigenvalue weighted by atomic mass is 16.7. The smallest absolute Gasteiger partial charge is 0.320 e. The van der Waals surface area contributed by atoms with Crippen molar-refractivity contribution in [3.8, 4) is 0 Å². The van der Waals surface area contributed by atoms with Gasteiger partial charge < -0.3 is 38.1 Å². The summed E-state index contributed by atoms with van der Waals surface area (Å²) in [5.74, 6) is 2.92. The van der Waals surface area contributed by atoms with Crippen LogP contribution in [0.1, 0.15) is 487 Å². The maximum atomic E-state index is 13.3. The predicted molar refractivity (Wildman–Crippen MR) is 478 cm³/mol. The van der Waals surface area contributed by atoms with Gasteiger partial charge in [0.1, 0.15) is 6.10 Å². The molecule has 14 heteroatoms. The molecule has 14 nitrogen and oxygen atoms in total. The SMILES string of the molecule is CCCCCC(CCCCC)CCOC(=O)CCCCCCCCC(CCCCCCC(=O)OCCC(CCCCC)CC(CCC)C(CCC)CC(CCCCC)CCOC(=O)CCCCCCCC1(CCCCCCCC(=O)OCCC(CCCCC)CCCCC)OCC(CN(C)C(C)C)O1)OC(=O)CN1CCCCC1. The predicted octanol–water partition coefficient (Wildman–Crippen LogP) is 28.1. The van der Waals surface area contributed by atoms with E-state index in [2.05, 4.69) is 86.1 Å². The van der Waals surface area contributed by atoms with Crippen molar-refractivity contribution in [2.45, 2.75) is 511 Å². The van der Waals surface area contributed by atoms with Crippen LogP contribution in [0.15, 0.2) is 0 Å². The molecule has 7 atom stereocenters. The number of esters is 5. The number of ether oxygens (including phenoxy) is 7. The Kier molecular flexibility index (Phi) is 70.7. The van der Waals surface area contributed by atoms with Gasteiger partial charge in [-0.25, -0.2) is 0 Å². The Bertz CT molecular complexity index is 2190. The Labute approximate surface area is 705 Å². The molecule has 0 N–H and O–H groups in total. The third kappa shape index (κ3) is 59.8. The number of unbranched alkanes of at least 4 members (excludes halogenated alkanes) is 28. The summed E-state index contributed by atoms with van der Waals surface area (Å²) in [5, 5.41) is 0. The van der Waals surface area contributed by atoms with Gasteiger partial charge in [0.15, 0.2) is 5.79 Å². The molecule has 0 saturated carbocycles. The summed E-state index contributed by atoms with van der Waals surface area (Å²) >= 11 is 0. The van der Waals surface area contributed by atoms with Gasteiger partial charge in [0.05, 0.1) is 45.7 Å². The monoisotopic (exact) mass is 1610 g/mol. The van der Waals surface area contributed by atoms with Crippen LogP contribution in [0.4, 0.5) is 0 Å². The zero-order chi connectivity index (χ0) is 83.0. The Morgan fingerprint density at radius 1 is 0.360 bits per heavy atom. The van der Waals surface area contributed by atoms with Crippen LogP contribution in [0.2, 0.25) is 0 Å². The molecule has 0 aliphatic carbocycles. The molecule has 2 aliphatic heterocycles. The Hall–Kier alpha value is -2.81. The van der Waals surface area contributed by atoms with Crippen LogP contribution < -0.4 is 0 Å². The largest absolute Gasteiger partial charge is 0.466 e. The molecular weight excluding hydrogens is 1420 g/mol. The molecule has 0 radical (unpaired) electrons. The van der Waals surface area contributed by atoms with Gasteiger partial charge in [-0.1, -0.05) is 319 Å². The third-order valence-electron chi connectivity index (χ3n) is 25.8. The van der Waals surface area contributed by atoms with E-state index in [1.165, 1.54) is 199 Å². The van der Waals surface area contributed by atoms with Gasteiger partial charge in [-0.2, -0.15) is 0 Å². The summed E-state index contributed by atoms with van der Waals surface area (Å²) < 4.78 is 43.2. The fourth-order valence-corrected chi connectivity index (χ4v) is 18.2. The highest BCUT2D eigenvalue weighted by Crippen LogP contribution is 2.39. The normalized spacial score (nSPS) is 16.8. The van der Waals surface area contributed by atoms with Crippen LogP contribution in [0.3, 0.4) is 0 Å². The number of likely N-dealkylation sites (tertiary alicyclic amines) is 1. The molecule has 0 aromatic rings. The van der Waals surface area contributed by atoms with Crippen molar-refractivity contribution < 1.29 is 57.1 Å². The molecule has 114 heavy (non-hydrogen) atoms. The summed E-state index contributed by atoms with van der Waals surface area (Å²) in [6.45, 7) is 28.8. The summed E-state index contributed by atoms with van der Waals surface area (Å²) in [6, 6.07) is 0.446. The molecule has 2 rings (SSSR count). The quantitative estimate of drug-likeness (QED) is 0.0322. The molecule has 2 saturated heterocycles. The van der Waals surface area contributed by atoms with Crippen molar-refractivity contribution in [3.63, 3.8) is 0 Å². The lowest BCUT2D eigenvalue weighted by Crippen LogP contribution is -2.37. The van der Waals surface area contributed by atoms with E-state index in [4.69, 9.17) is 33.2 Å². The van der Waals surface area contributed by atoms with Crippen LogP contribution >= 0.6 is 0 Å². The first-order valence-electron chi connectivity index (χ1n) is 50.1. The van der Waals surface area contributed by atoms with Gasteiger partial charge >= 0.3 is 29.8 Å². The number of likely N-dealkylation sites (N-methyl/N-ethyl adjacent to an activating group) is 1. The minimum atomic E-state index is -0.529. The maximum Gasteiger partial charge on any atom is 0.320 e. The van der Waals surface area contributed by atoms with Crippen LogP contribution in [0.25, 0.3) is 0 Å². The molecule has 0 spiro atoms. The fraction of sp³-hybridized carbons (Fsp3) is 0.950. The van der Waals surface area contributed by atoms with Crippen molar-refractivity contribution >= 4 is 29.8 Å². The lowest BCUT2D eigenvalue weighted by Gasteiger charge is -2.33. The molecule has 0 aromatic heterocycles. The van der Waals surface area contributed by atoms with Gasteiger partial charge in [-0.15, -0.1) is 0 Å². The molecule has 0 amide bonds. The molecule has 0 aromatic carbocycles. The van der Waals surface area contributed by atoms with E-state index in [1.807, 2.05) is 0 Å². The van der Waals surface area contributed by atoms with E-state index in [9.17, 15) is 24.0 Å². The van der Waals surface area contributed by atoms with Gasteiger partial charge in [-0.05, 0) is 185 Å². The number of rotatable bonds is 83. The fourth-order valence-electron chi connectivity index (χ4n) is 18.2. The molecular formula is C100H190N2O12. The van der Waals surface area contributed by atoms with E-state index in [0.717, 1.165) is 212 Å². The molecule has 672 valence electrons. The first-order chi connectivity index (χ1) is 55.6. The highest BCUT2D eigenvalue weighted by Gasteiger charge is 2.41. The second-order valence-electron chi connectivity index (χ2n) is 36.6. The summed E-state index contributed by atoms with van der Waals surface area (Å²) in [6.07, 6.45) is 70.7. The van der Waals surface area contributed by atoms with E-state index < -0.39 is 5.79 Å². The molecule has 2 heterocycles. The molecule has 0 bridgehead atoms. The zero-order valence-corrected chi connectivity index (χ0v) is 77.3. The van der Waals surface area contributed by atoms with Gasteiger partial charge in [0, 0.05) is 51.1 Å². The number of nitrogens with zero attached hydrogens (tertiary/aromatic N) is 2. The number of carbonyl (C=O) groups excluding carboxylic acids is 5. The Balaban J connectivity index is 1.83. The standard InChI is InChI=1S/C100H190N2O12/c1-12-20-39-57-87(58-40-21-13-2)69-77-108-95(103)65-47-31-27-26-30-45-63-93(113-99(107)84-102-75-53-38-54-76-102)64-46-34-35-50-68-98(106)111-80-72-90(62-44-25-17-6)82-92(56-19-8)91(55-18-7)81-89(61-43-24-16-5)71-79-110-97(105)67-49-33-29-37-52-74-100(112-85-94(114-100)83-101(11)86(9)10)73-51-36-28-32-48-66-96(104)109-78-70-88(59-41-22-14-3)60-42-23-15-4/h86-94H,12-85H2,1-11H3. The first kappa shape index (κ1) is 107.